The molecule has 102 valence electrons. The molecule has 0 aromatic heterocycles. The molecule has 3 unspecified atom stereocenters. The molecule has 3 rings (SSSR count). The van der Waals surface area contributed by atoms with E-state index >= 15 is 0 Å². The van der Waals surface area contributed by atoms with Crippen molar-refractivity contribution in [3.8, 4) is 11.5 Å². The Bertz CT molecular complexity index is 534. The largest absolute Gasteiger partial charge is 0.494 e. The first-order valence-corrected chi connectivity index (χ1v) is 6.99. The van der Waals surface area contributed by atoms with E-state index in [1.807, 2.05) is 26.0 Å². The van der Waals surface area contributed by atoms with Crippen LogP contribution >= 0.6 is 12.2 Å². The molecule has 2 N–H and O–H groups in total. The van der Waals surface area contributed by atoms with Gasteiger partial charge in [0.1, 0.15) is 11.5 Å². The van der Waals surface area contributed by atoms with E-state index < -0.39 is 5.72 Å². The van der Waals surface area contributed by atoms with Crippen molar-refractivity contribution in [1.29, 1.82) is 0 Å². The van der Waals surface area contributed by atoms with Gasteiger partial charge in [-0.05, 0) is 38.2 Å². The van der Waals surface area contributed by atoms with Gasteiger partial charge in [0, 0.05) is 17.5 Å². The number of nitrogens with one attached hydrogen (secondary N) is 2. The van der Waals surface area contributed by atoms with Crippen molar-refractivity contribution in [2.24, 2.45) is 5.92 Å². The quantitative estimate of drug-likeness (QED) is 0.813. The zero-order valence-corrected chi connectivity index (χ0v) is 12.1. The average Bonchev–Trinajstić information content (AvgIpc) is 2.33. The van der Waals surface area contributed by atoms with E-state index in [9.17, 15) is 0 Å². The number of rotatable bonds is 2. The normalized spacial score (nSPS) is 31.6. The summed E-state index contributed by atoms with van der Waals surface area (Å²) in [4.78, 5) is 0. The minimum atomic E-state index is -0.467. The van der Waals surface area contributed by atoms with Gasteiger partial charge in [0.15, 0.2) is 10.8 Å². The predicted octanol–water partition coefficient (Wildman–Crippen LogP) is 2.35. The summed E-state index contributed by atoms with van der Waals surface area (Å²) in [6.45, 7) is 6.82. The van der Waals surface area contributed by atoms with E-state index in [1.54, 1.807) is 0 Å². The molecule has 5 heteroatoms. The van der Waals surface area contributed by atoms with Crippen LogP contribution < -0.4 is 20.1 Å². The van der Waals surface area contributed by atoms with Gasteiger partial charge in [0.25, 0.3) is 0 Å². The second-order valence-corrected chi connectivity index (χ2v) is 5.61. The highest BCUT2D eigenvalue weighted by Crippen LogP contribution is 2.45. The van der Waals surface area contributed by atoms with Crippen LogP contribution in [0.5, 0.6) is 11.5 Å². The standard InChI is InChI=1S/C14H18N2O2S/c1-4-17-9-5-6-10-11(7-9)18-14(3)8(2)12(10)15-13(19)16-14/h5-8,12H,4H2,1-3H3,(H2,15,16,19). The topological polar surface area (TPSA) is 42.5 Å². The lowest BCUT2D eigenvalue weighted by Gasteiger charge is -2.50. The Morgan fingerprint density at radius 1 is 1.47 bits per heavy atom. The second-order valence-electron chi connectivity index (χ2n) is 5.21. The highest BCUT2D eigenvalue weighted by atomic mass is 32.1. The van der Waals surface area contributed by atoms with Crippen molar-refractivity contribution in [1.82, 2.24) is 10.6 Å². The van der Waals surface area contributed by atoms with Crippen LogP contribution in [0.4, 0.5) is 0 Å². The fourth-order valence-corrected chi connectivity index (χ4v) is 3.10. The van der Waals surface area contributed by atoms with Crippen molar-refractivity contribution >= 4 is 17.3 Å². The molecule has 2 bridgehead atoms. The van der Waals surface area contributed by atoms with Crippen molar-refractivity contribution < 1.29 is 9.47 Å². The van der Waals surface area contributed by atoms with Gasteiger partial charge in [-0.25, -0.2) is 0 Å². The smallest absolute Gasteiger partial charge is 0.184 e. The average molecular weight is 278 g/mol. The first-order chi connectivity index (χ1) is 9.03. The van der Waals surface area contributed by atoms with Crippen LogP contribution in [0, 0.1) is 5.92 Å². The molecule has 2 aliphatic rings. The minimum Gasteiger partial charge on any atom is -0.494 e. The Kier molecular flexibility index (Phi) is 2.82. The van der Waals surface area contributed by atoms with E-state index in [0.717, 1.165) is 17.1 Å². The molecule has 2 aliphatic heterocycles. The number of benzene rings is 1. The van der Waals surface area contributed by atoms with Gasteiger partial charge in [-0.15, -0.1) is 0 Å². The number of thiocarbonyl (C=S) groups is 1. The summed E-state index contributed by atoms with van der Waals surface area (Å²) < 4.78 is 11.7. The van der Waals surface area contributed by atoms with Crippen LogP contribution in [0.3, 0.4) is 0 Å². The Labute approximate surface area is 118 Å². The summed E-state index contributed by atoms with van der Waals surface area (Å²) in [5.41, 5.74) is 0.669. The van der Waals surface area contributed by atoms with Gasteiger partial charge >= 0.3 is 0 Å². The highest BCUT2D eigenvalue weighted by Gasteiger charge is 2.48. The first-order valence-electron chi connectivity index (χ1n) is 6.58. The highest BCUT2D eigenvalue weighted by molar-refractivity contribution is 7.80. The fourth-order valence-electron chi connectivity index (χ4n) is 2.77. The third-order valence-electron chi connectivity index (χ3n) is 3.97. The minimum absolute atomic E-state index is 0.179. The van der Waals surface area contributed by atoms with Gasteiger partial charge < -0.3 is 20.1 Å². The monoisotopic (exact) mass is 278 g/mol. The lowest BCUT2D eigenvalue weighted by molar-refractivity contribution is -0.0264. The molecule has 0 amide bonds. The van der Waals surface area contributed by atoms with Crippen LogP contribution in [0.25, 0.3) is 0 Å². The second kappa shape index (κ2) is 4.27. The van der Waals surface area contributed by atoms with Gasteiger partial charge in [-0.1, -0.05) is 6.92 Å². The molecule has 4 nitrogen and oxygen atoms in total. The summed E-state index contributed by atoms with van der Waals surface area (Å²) in [6.07, 6.45) is 0. The van der Waals surface area contributed by atoms with Gasteiger partial charge in [-0.3, -0.25) is 0 Å². The van der Waals surface area contributed by atoms with Crippen LogP contribution in [-0.4, -0.2) is 17.4 Å². The summed E-state index contributed by atoms with van der Waals surface area (Å²) in [5, 5.41) is 7.20. The van der Waals surface area contributed by atoms with E-state index in [1.165, 1.54) is 0 Å². The molecular weight excluding hydrogens is 260 g/mol. The SMILES string of the molecule is CCOc1ccc2c(c1)OC1(C)NC(=S)NC2C1C. The zero-order chi connectivity index (χ0) is 13.6. The predicted molar refractivity (Wildman–Crippen MR) is 77.4 cm³/mol. The Balaban J connectivity index is 2.04. The number of fused-ring (bicyclic) bond motifs is 4. The van der Waals surface area contributed by atoms with Gasteiger partial charge in [-0.2, -0.15) is 0 Å². The van der Waals surface area contributed by atoms with E-state index in [0.29, 0.717) is 11.7 Å². The van der Waals surface area contributed by atoms with Crippen molar-refractivity contribution in [2.45, 2.75) is 32.5 Å². The molecule has 1 saturated heterocycles. The number of hydrogen-bond donors (Lipinski definition) is 2. The summed E-state index contributed by atoms with van der Waals surface area (Å²) in [5.74, 6) is 1.98. The zero-order valence-electron chi connectivity index (χ0n) is 11.3. The van der Waals surface area contributed by atoms with Crippen LogP contribution in [0.1, 0.15) is 32.4 Å². The summed E-state index contributed by atoms with van der Waals surface area (Å²) in [7, 11) is 0. The summed E-state index contributed by atoms with van der Waals surface area (Å²) >= 11 is 5.25. The Morgan fingerprint density at radius 2 is 2.26 bits per heavy atom. The first kappa shape index (κ1) is 12.5. The van der Waals surface area contributed by atoms with Crippen molar-refractivity contribution in [3.63, 3.8) is 0 Å². The maximum Gasteiger partial charge on any atom is 0.184 e. The molecule has 1 fully saturated rings. The molecule has 0 saturated carbocycles. The molecule has 19 heavy (non-hydrogen) atoms. The van der Waals surface area contributed by atoms with Gasteiger partial charge in [0.05, 0.1) is 12.6 Å². The number of hydrogen-bond acceptors (Lipinski definition) is 3. The molecule has 0 aliphatic carbocycles. The lowest BCUT2D eigenvalue weighted by Crippen LogP contribution is -2.67. The Morgan fingerprint density at radius 3 is 3.00 bits per heavy atom. The van der Waals surface area contributed by atoms with Crippen LogP contribution in [0.2, 0.25) is 0 Å². The molecular formula is C14H18N2O2S. The van der Waals surface area contributed by atoms with Gasteiger partial charge in [0.2, 0.25) is 0 Å². The fraction of sp³-hybridized carbons (Fsp3) is 0.500. The maximum absolute atomic E-state index is 6.14. The molecule has 0 spiro atoms. The Hall–Kier alpha value is -1.49. The van der Waals surface area contributed by atoms with Crippen molar-refractivity contribution in [3.05, 3.63) is 23.8 Å². The molecule has 2 heterocycles. The lowest BCUT2D eigenvalue weighted by atomic mass is 9.82. The molecule has 1 aromatic carbocycles. The summed E-state index contributed by atoms with van der Waals surface area (Å²) in [6, 6.07) is 6.17. The van der Waals surface area contributed by atoms with Crippen LogP contribution in [0.15, 0.2) is 18.2 Å². The number of ether oxygens (including phenoxy) is 2. The molecule has 1 aromatic rings. The van der Waals surface area contributed by atoms with E-state index in [2.05, 4.69) is 23.6 Å². The van der Waals surface area contributed by atoms with Crippen LogP contribution in [-0.2, 0) is 0 Å². The molecule has 3 atom stereocenters. The third kappa shape index (κ3) is 1.92. The third-order valence-corrected chi connectivity index (χ3v) is 4.19. The van der Waals surface area contributed by atoms with Crippen molar-refractivity contribution in [2.75, 3.05) is 6.61 Å². The molecule has 0 radical (unpaired) electrons. The maximum atomic E-state index is 6.14. The van der Waals surface area contributed by atoms with E-state index in [-0.39, 0.29) is 12.0 Å². The van der Waals surface area contributed by atoms with E-state index in [4.69, 9.17) is 21.7 Å².